The van der Waals surface area contributed by atoms with Crippen LogP contribution >= 0.6 is 0 Å². The molecule has 1 aliphatic heterocycles. The molecule has 2 N–H and O–H groups in total. The van der Waals surface area contributed by atoms with E-state index in [1.54, 1.807) is 12.1 Å². The first-order valence-electron chi connectivity index (χ1n) is 11.7. The Balaban J connectivity index is 1.82. The first kappa shape index (κ1) is 25.5. The molecule has 0 saturated heterocycles. The van der Waals surface area contributed by atoms with Gasteiger partial charge < -0.3 is 24.6 Å². The van der Waals surface area contributed by atoms with Gasteiger partial charge in [-0.15, -0.1) is 0 Å². The Morgan fingerprint density at radius 2 is 1.82 bits per heavy atom. The fourth-order valence-electron chi connectivity index (χ4n) is 4.16. The number of carbonyl (C=O) groups is 2. The molecular weight excluding hydrogens is 434 g/mol. The number of allylic oxidation sites excluding steroid dienone is 1. The van der Waals surface area contributed by atoms with Gasteiger partial charge in [0.25, 0.3) is 5.91 Å². The number of methoxy groups -OCH3 is 1. The molecule has 0 unspecified atom stereocenters. The number of rotatable bonds is 11. The van der Waals surface area contributed by atoms with Crippen LogP contribution in [0.15, 0.2) is 66.4 Å². The van der Waals surface area contributed by atoms with Crippen LogP contribution < -0.4 is 5.32 Å². The van der Waals surface area contributed by atoms with Gasteiger partial charge in [-0.3, -0.25) is 4.79 Å². The summed E-state index contributed by atoms with van der Waals surface area (Å²) < 4.78 is 16.7. The molecule has 1 amide bonds. The standard InChI is InChI=1S/C27H33NO6/c1-3-33-27-22(10-7-17-29)23(20-11-13-21(14-12-20)26(31)32-2)18-24(34-27)25(30)28-16-15-19-8-5-4-6-9-19/h4-6,8-9,11-14,18,22-23,27,29H,3,7,10,15-17H2,1-2H3,(H,28,30)/t22-,23-,27-/m1/s1. The van der Waals surface area contributed by atoms with Gasteiger partial charge in [0.2, 0.25) is 6.29 Å². The van der Waals surface area contributed by atoms with Crippen LogP contribution in [0.2, 0.25) is 0 Å². The van der Waals surface area contributed by atoms with Gasteiger partial charge in [-0.05, 0) is 55.5 Å². The summed E-state index contributed by atoms with van der Waals surface area (Å²) >= 11 is 0. The Morgan fingerprint density at radius 1 is 1.09 bits per heavy atom. The number of aliphatic hydroxyl groups is 1. The molecule has 3 rings (SSSR count). The lowest BCUT2D eigenvalue weighted by atomic mass is 9.80. The molecule has 34 heavy (non-hydrogen) atoms. The van der Waals surface area contributed by atoms with Crippen LogP contribution in [0.3, 0.4) is 0 Å². The molecule has 2 aromatic carbocycles. The highest BCUT2D eigenvalue weighted by Gasteiger charge is 2.37. The maximum atomic E-state index is 13.0. The molecule has 0 saturated carbocycles. The van der Waals surface area contributed by atoms with Crippen molar-refractivity contribution >= 4 is 11.9 Å². The number of ether oxygens (including phenoxy) is 3. The van der Waals surface area contributed by atoms with Crippen LogP contribution in [0, 0.1) is 5.92 Å². The fourth-order valence-corrected chi connectivity index (χ4v) is 4.16. The third kappa shape index (κ3) is 6.68. The van der Waals surface area contributed by atoms with Crippen LogP contribution in [0.25, 0.3) is 0 Å². The SMILES string of the molecule is CCO[C@@H]1OC(C(=O)NCCc2ccccc2)=C[C@H](c2ccc(C(=O)OC)cc2)[C@H]1CCCO. The van der Waals surface area contributed by atoms with E-state index in [4.69, 9.17) is 14.2 Å². The Hall–Kier alpha value is -3.16. The van der Waals surface area contributed by atoms with Gasteiger partial charge in [-0.25, -0.2) is 4.79 Å². The molecule has 1 aliphatic rings. The molecular formula is C27H33NO6. The zero-order valence-electron chi connectivity index (χ0n) is 19.7. The van der Waals surface area contributed by atoms with Crippen molar-refractivity contribution in [2.24, 2.45) is 5.92 Å². The monoisotopic (exact) mass is 467 g/mol. The van der Waals surface area contributed by atoms with Gasteiger partial charge in [0, 0.05) is 31.6 Å². The minimum absolute atomic E-state index is 0.0554. The molecule has 2 aromatic rings. The number of esters is 1. The van der Waals surface area contributed by atoms with Gasteiger partial charge >= 0.3 is 5.97 Å². The van der Waals surface area contributed by atoms with Crippen LogP contribution in [0.5, 0.6) is 0 Å². The van der Waals surface area contributed by atoms with Gasteiger partial charge in [-0.1, -0.05) is 42.5 Å². The Morgan fingerprint density at radius 3 is 2.47 bits per heavy atom. The van der Waals surface area contributed by atoms with Gasteiger partial charge in [0.05, 0.1) is 12.7 Å². The second kappa shape index (κ2) is 12.9. The third-order valence-electron chi connectivity index (χ3n) is 5.89. The van der Waals surface area contributed by atoms with Crippen molar-refractivity contribution in [3.05, 3.63) is 83.1 Å². The number of hydrogen-bond acceptors (Lipinski definition) is 6. The number of benzene rings is 2. The summed E-state index contributed by atoms with van der Waals surface area (Å²) in [6.45, 7) is 2.84. The Kier molecular flexibility index (Phi) is 9.67. The predicted molar refractivity (Wildman–Crippen MR) is 128 cm³/mol. The summed E-state index contributed by atoms with van der Waals surface area (Å²) in [6.07, 6.45) is 3.15. The van der Waals surface area contributed by atoms with Crippen molar-refractivity contribution in [3.8, 4) is 0 Å². The number of aliphatic hydroxyl groups excluding tert-OH is 1. The first-order valence-corrected chi connectivity index (χ1v) is 11.7. The van der Waals surface area contributed by atoms with E-state index >= 15 is 0 Å². The summed E-state index contributed by atoms with van der Waals surface area (Å²) in [5.74, 6) is -0.766. The normalized spacial score (nSPS) is 19.6. The van der Waals surface area contributed by atoms with Crippen LogP contribution in [-0.2, 0) is 25.4 Å². The molecule has 0 bridgehead atoms. The van der Waals surface area contributed by atoms with Crippen LogP contribution in [-0.4, -0.2) is 50.1 Å². The summed E-state index contributed by atoms with van der Waals surface area (Å²) in [4.78, 5) is 24.8. The number of nitrogens with one attached hydrogen (secondary N) is 1. The Labute approximate surface area is 200 Å². The second-order valence-corrected chi connectivity index (χ2v) is 8.13. The minimum Gasteiger partial charge on any atom is -0.465 e. The van der Waals surface area contributed by atoms with E-state index < -0.39 is 12.3 Å². The van der Waals surface area contributed by atoms with Gasteiger partial charge in [0.15, 0.2) is 5.76 Å². The Bertz CT molecular complexity index is 957. The van der Waals surface area contributed by atoms with Crippen molar-refractivity contribution in [1.29, 1.82) is 0 Å². The predicted octanol–water partition coefficient (Wildman–Crippen LogP) is 3.58. The van der Waals surface area contributed by atoms with E-state index in [2.05, 4.69) is 5.32 Å². The summed E-state index contributed by atoms with van der Waals surface area (Å²) in [6, 6.07) is 17.1. The third-order valence-corrected chi connectivity index (χ3v) is 5.89. The molecule has 0 spiro atoms. The number of hydrogen-bond donors (Lipinski definition) is 2. The van der Waals surface area contributed by atoms with Crippen molar-refractivity contribution in [2.45, 2.75) is 38.4 Å². The van der Waals surface area contributed by atoms with Gasteiger partial charge in [0.1, 0.15) is 0 Å². The molecule has 0 aliphatic carbocycles. The zero-order valence-corrected chi connectivity index (χ0v) is 19.7. The maximum absolute atomic E-state index is 13.0. The second-order valence-electron chi connectivity index (χ2n) is 8.13. The van der Waals surface area contributed by atoms with Crippen molar-refractivity contribution in [3.63, 3.8) is 0 Å². The highest BCUT2D eigenvalue weighted by atomic mass is 16.7. The molecule has 0 fully saturated rings. The number of amides is 1. The summed E-state index contributed by atoms with van der Waals surface area (Å²) in [5, 5.41) is 12.3. The quantitative estimate of drug-likeness (QED) is 0.491. The lowest BCUT2D eigenvalue weighted by Gasteiger charge is -2.37. The average Bonchev–Trinajstić information content (AvgIpc) is 2.88. The molecule has 7 nitrogen and oxygen atoms in total. The average molecular weight is 468 g/mol. The van der Waals surface area contributed by atoms with Crippen LogP contribution in [0.1, 0.15) is 47.2 Å². The van der Waals surface area contributed by atoms with E-state index in [0.717, 1.165) is 11.1 Å². The van der Waals surface area contributed by atoms with Crippen LogP contribution in [0.4, 0.5) is 0 Å². The lowest BCUT2D eigenvalue weighted by molar-refractivity contribution is -0.166. The minimum atomic E-state index is -0.623. The molecule has 3 atom stereocenters. The van der Waals surface area contributed by atoms with E-state index in [0.29, 0.717) is 38.0 Å². The molecule has 7 heteroatoms. The smallest absolute Gasteiger partial charge is 0.337 e. The summed E-state index contributed by atoms with van der Waals surface area (Å²) in [5.41, 5.74) is 2.52. The van der Waals surface area contributed by atoms with E-state index in [9.17, 15) is 14.7 Å². The highest BCUT2D eigenvalue weighted by molar-refractivity contribution is 5.92. The molecule has 0 radical (unpaired) electrons. The molecule has 1 heterocycles. The summed E-state index contributed by atoms with van der Waals surface area (Å²) in [7, 11) is 1.34. The fraction of sp³-hybridized carbons (Fsp3) is 0.407. The van der Waals surface area contributed by atoms with Gasteiger partial charge in [-0.2, -0.15) is 0 Å². The lowest BCUT2D eigenvalue weighted by Crippen LogP contribution is -2.39. The van der Waals surface area contributed by atoms with Crippen molar-refractivity contribution in [2.75, 3.05) is 26.9 Å². The van der Waals surface area contributed by atoms with E-state index in [1.165, 1.54) is 7.11 Å². The topological polar surface area (TPSA) is 94.1 Å². The highest BCUT2D eigenvalue weighted by Crippen LogP contribution is 2.39. The molecule has 182 valence electrons. The zero-order chi connectivity index (χ0) is 24.3. The molecule has 0 aromatic heterocycles. The first-order chi connectivity index (χ1) is 16.6. The number of carbonyl (C=O) groups excluding carboxylic acids is 2. The van der Waals surface area contributed by atoms with Crippen molar-refractivity contribution in [1.82, 2.24) is 5.32 Å². The van der Waals surface area contributed by atoms with E-state index in [-0.39, 0.29) is 30.1 Å². The van der Waals surface area contributed by atoms with E-state index in [1.807, 2.05) is 55.5 Å². The largest absolute Gasteiger partial charge is 0.465 e. The maximum Gasteiger partial charge on any atom is 0.337 e. The van der Waals surface area contributed by atoms with Crippen molar-refractivity contribution < 1.29 is 28.9 Å².